The number of para-hydroxylation sites is 1. The Hall–Kier alpha value is -2.39. The van der Waals surface area contributed by atoms with Crippen molar-refractivity contribution in [2.45, 2.75) is 13.5 Å². The van der Waals surface area contributed by atoms with Crippen LogP contribution in [0.3, 0.4) is 0 Å². The predicted octanol–water partition coefficient (Wildman–Crippen LogP) is 3.75. The van der Waals surface area contributed by atoms with Crippen molar-refractivity contribution in [3.8, 4) is 0 Å². The van der Waals surface area contributed by atoms with E-state index >= 15 is 0 Å². The molecule has 3 rings (SSSR count). The highest BCUT2D eigenvalue weighted by Crippen LogP contribution is 2.21. The van der Waals surface area contributed by atoms with Gasteiger partial charge in [-0.15, -0.1) is 0 Å². The maximum atomic E-state index is 5.74. The number of rotatable bonds is 3. The van der Waals surface area contributed by atoms with Crippen LogP contribution in [0.1, 0.15) is 11.1 Å². The zero-order chi connectivity index (χ0) is 13.9. The van der Waals surface area contributed by atoms with Crippen LogP contribution in [-0.4, -0.2) is 4.98 Å². The first-order valence-electron chi connectivity index (χ1n) is 6.69. The molecular formula is C17H17N3. The van der Waals surface area contributed by atoms with E-state index in [4.69, 9.17) is 5.73 Å². The summed E-state index contributed by atoms with van der Waals surface area (Å²) in [4.78, 5) is 4.61. The van der Waals surface area contributed by atoms with Gasteiger partial charge in [0.15, 0.2) is 0 Å². The lowest BCUT2D eigenvalue weighted by atomic mass is 10.1. The number of nitrogens with zero attached hydrogens (tertiary/aromatic N) is 1. The van der Waals surface area contributed by atoms with Crippen molar-refractivity contribution >= 4 is 22.4 Å². The van der Waals surface area contributed by atoms with Gasteiger partial charge in [-0.1, -0.05) is 24.3 Å². The van der Waals surface area contributed by atoms with Gasteiger partial charge < -0.3 is 11.1 Å². The Bertz CT molecular complexity index is 750. The van der Waals surface area contributed by atoms with Crippen LogP contribution in [0.15, 0.2) is 54.6 Å². The van der Waals surface area contributed by atoms with Gasteiger partial charge in [0, 0.05) is 17.6 Å². The molecule has 1 heterocycles. The molecule has 0 saturated carbocycles. The van der Waals surface area contributed by atoms with Gasteiger partial charge in [0.1, 0.15) is 5.82 Å². The SMILES string of the molecule is Cc1ccc(Nc2ccc3ccccc3n2)cc1CN. The fourth-order valence-electron chi connectivity index (χ4n) is 2.25. The molecule has 1 aromatic heterocycles. The van der Waals surface area contributed by atoms with Gasteiger partial charge in [-0.05, 0) is 48.4 Å². The van der Waals surface area contributed by atoms with Crippen LogP contribution in [0.2, 0.25) is 0 Å². The Morgan fingerprint density at radius 1 is 1.05 bits per heavy atom. The predicted molar refractivity (Wildman–Crippen MR) is 84.1 cm³/mol. The molecule has 3 nitrogen and oxygen atoms in total. The summed E-state index contributed by atoms with van der Waals surface area (Å²) in [7, 11) is 0. The van der Waals surface area contributed by atoms with E-state index in [1.807, 2.05) is 30.3 Å². The van der Waals surface area contributed by atoms with E-state index < -0.39 is 0 Å². The number of fused-ring (bicyclic) bond motifs is 1. The van der Waals surface area contributed by atoms with E-state index in [9.17, 15) is 0 Å². The minimum absolute atomic E-state index is 0.548. The van der Waals surface area contributed by atoms with Gasteiger partial charge >= 0.3 is 0 Å². The third kappa shape index (κ3) is 2.49. The van der Waals surface area contributed by atoms with Crippen molar-refractivity contribution in [1.82, 2.24) is 4.98 Å². The van der Waals surface area contributed by atoms with Crippen LogP contribution in [0.4, 0.5) is 11.5 Å². The van der Waals surface area contributed by atoms with Crippen molar-refractivity contribution < 1.29 is 0 Å². The van der Waals surface area contributed by atoms with E-state index in [1.165, 1.54) is 5.56 Å². The van der Waals surface area contributed by atoms with Crippen molar-refractivity contribution in [1.29, 1.82) is 0 Å². The molecule has 0 atom stereocenters. The molecule has 0 aliphatic carbocycles. The smallest absolute Gasteiger partial charge is 0.131 e. The van der Waals surface area contributed by atoms with Crippen LogP contribution in [0.5, 0.6) is 0 Å². The van der Waals surface area contributed by atoms with Crippen molar-refractivity contribution in [3.63, 3.8) is 0 Å². The van der Waals surface area contributed by atoms with E-state index in [0.29, 0.717) is 6.54 Å². The Morgan fingerprint density at radius 2 is 1.90 bits per heavy atom. The second-order valence-corrected chi connectivity index (χ2v) is 4.86. The number of nitrogens with one attached hydrogen (secondary N) is 1. The summed E-state index contributed by atoms with van der Waals surface area (Å²) < 4.78 is 0. The number of hydrogen-bond donors (Lipinski definition) is 2. The summed E-state index contributed by atoms with van der Waals surface area (Å²) >= 11 is 0. The van der Waals surface area contributed by atoms with E-state index in [1.54, 1.807) is 0 Å². The highest BCUT2D eigenvalue weighted by atomic mass is 15.0. The van der Waals surface area contributed by atoms with Crippen LogP contribution in [0.25, 0.3) is 10.9 Å². The van der Waals surface area contributed by atoms with Crippen LogP contribution in [0, 0.1) is 6.92 Å². The second kappa shape index (κ2) is 5.31. The highest BCUT2D eigenvalue weighted by molar-refractivity contribution is 5.80. The number of anilines is 2. The lowest BCUT2D eigenvalue weighted by Gasteiger charge is -2.10. The largest absolute Gasteiger partial charge is 0.340 e. The molecule has 100 valence electrons. The lowest BCUT2D eigenvalue weighted by molar-refractivity contribution is 1.05. The molecule has 0 spiro atoms. The van der Waals surface area contributed by atoms with Gasteiger partial charge in [0.05, 0.1) is 5.52 Å². The molecule has 2 aromatic carbocycles. The zero-order valence-electron chi connectivity index (χ0n) is 11.4. The molecule has 0 amide bonds. The Labute approximate surface area is 118 Å². The molecule has 3 heteroatoms. The molecule has 3 N–H and O–H groups in total. The number of aryl methyl sites for hydroxylation is 1. The zero-order valence-corrected chi connectivity index (χ0v) is 11.4. The molecule has 3 aromatic rings. The van der Waals surface area contributed by atoms with Crippen molar-refractivity contribution in [2.24, 2.45) is 5.73 Å². The van der Waals surface area contributed by atoms with Gasteiger partial charge in [-0.25, -0.2) is 4.98 Å². The maximum absolute atomic E-state index is 5.74. The minimum Gasteiger partial charge on any atom is -0.340 e. The number of hydrogen-bond acceptors (Lipinski definition) is 3. The van der Waals surface area contributed by atoms with Gasteiger partial charge in [-0.2, -0.15) is 0 Å². The van der Waals surface area contributed by atoms with Crippen LogP contribution in [-0.2, 0) is 6.54 Å². The fourth-order valence-corrected chi connectivity index (χ4v) is 2.25. The molecule has 0 aliphatic heterocycles. The summed E-state index contributed by atoms with van der Waals surface area (Å²) in [5.74, 6) is 0.843. The Kier molecular flexibility index (Phi) is 3.35. The Morgan fingerprint density at radius 3 is 2.75 bits per heavy atom. The lowest BCUT2D eigenvalue weighted by Crippen LogP contribution is -2.01. The summed E-state index contributed by atoms with van der Waals surface area (Å²) in [6, 6.07) is 18.4. The first-order valence-corrected chi connectivity index (χ1v) is 6.69. The number of nitrogens with two attached hydrogens (primary N) is 1. The topological polar surface area (TPSA) is 50.9 Å². The van der Waals surface area contributed by atoms with Crippen LogP contribution < -0.4 is 11.1 Å². The summed E-state index contributed by atoms with van der Waals surface area (Å²) in [5, 5.41) is 4.47. The number of pyridine rings is 1. The average Bonchev–Trinajstić information content (AvgIpc) is 2.49. The molecule has 0 bridgehead atoms. The summed E-state index contributed by atoms with van der Waals surface area (Å²) in [5.41, 5.74) is 10.1. The fraction of sp³-hybridized carbons (Fsp3) is 0.118. The van der Waals surface area contributed by atoms with Crippen LogP contribution >= 0.6 is 0 Å². The third-order valence-electron chi connectivity index (χ3n) is 3.44. The summed E-state index contributed by atoms with van der Waals surface area (Å²) in [6.45, 7) is 2.62. The minimum atomic E-state index is 0.548. The van der Waals surface area contributed by atoms with E-state index in [2.05, 4.69) is 41.5 Å². The monoisotopic (exact) mass is 263 g/mol. The molecule has 0 aliphatic rings. The second-order valence-electron chi connectivity index (χ2n) is 4.86. The van der Waals surface area contributed by atoms with Gasteiger partial charge in [0.2, 0.25) is 0 Å². The summed E-state index contributed by atoms with van der Waals surface area (Å²) in [6.07, 6.45) is 0. The van der Waals surface area contributed by atoms with E-state index in [-0.39, 0.29) is 0 Å². The molecule has 20 heavy (non-hydrogen) atoms. The first kappa shape index (κ1) is 12.6. The van der Waals surface area contributed by atoms with E-state index in [0.717, 1.165) is 28.0 Å². The normalized spacial score (nSPS) is 10.7. The van der Waals surface area contributed by atoms with Gasteiger partial charge in [-0.3, -0.25) is 0 Å². The molecule has 0 fully saturated rings. The third-order valence-corrected chi connectivity index (χ3v) is 3.44. The quantitative estimate of drug-likeness (QED) is 0.756. The first-order chi connectivity index (χ1) is 9.76. The Balaban J connectivity index is 1.92. The van der Waals surface area contributed by atoms with Gasteiger partial charge in [0.25, 0.3) is 0 Å². The molecule has 0 unspecified atom stereocenters. The standard InChI is InChI=1S/C17H17N3/c1-12-6-8-15(10-14(12)11-18)19-17-9-7-13-4-2-3-5-16(13)20-17/h2-10H,11,18H2,1H3,(H,19,20). The van der Waals surface area contributed by atoms with Crippen molar-refractivity contribution in [3.05, 3.63) is 65.7 Å². The van der Waals surface area contributed by atoms with Crippen molar-refractivity contribution in [2.75, 3.05) is 5.32 Å². The molecule has 0 saturated heterocycles. The molecule has 0 radical (unpaired) electrons. The average molecular weight is 263 g/mol. The highest BCUT2D eigenvalue weighted by Gasteiger charge is 2.01. The maximum Gasteiger partial charge on any atom is 0.131 e. The molecular weight excluding hydrogens is 246 g/mol. The number of aromatic nitrogens is 1. The number of benzene rings is 2.